The molecule has 16 heavy (non-hydrogen) atoms. The van der Waals surface area contributed by atoms with E-state index in [-0.39, 0.29) is 0 Å². The lowest BCUT2D eigenvalue weighted by atomic mass is 10.2. The molecule has 0 aromatic carbocycles. The highest BCUT2D eigenvalue weighted by Gasteiger charge is 2.11. The molecule has 0 bridgehead atoms. The van der Waals surface area contributed by atoms with Crippen LogP contribution in [0, 0.1) is 0 Å². The van der Waals surface area contributed by atoms with Crippen molar-refractivity contribution in [3.63, 3.8) is 0 Å². The fourth-order valence-corrected chi connectivity index (χ4v) is 2.25. The highest BCUT2D eigenvalue weighted by atomic mass is 79.9. The summed E-state index contributed by atoms with van der Waals surface area (Å²) in [5.74, 6) is 0. The van der Waals surface area contributed by atoms with Gasteiger partial charge >= 0.3 is 0 Å². The van der Waals surface area contributed by atoms with Crippen LogP contribution in [0.2, 0.25) is 0 Å². The molecule has 0 spiro atoms. The maximum atomic E-state index is 4.35. The monoisotopic (exact) mass is 340 g/mol. The lowest BCUT2D eigenvalue weighted by Crippen LogP contribution is -1.85. The van der Waals surface area contributed by atoms with E-state index in [0.29, 0.717) is 0 Å². The summed E-state index contributed by atoms with van der Waals surface area (Å²) in [6.45, 7) is 0. The van der Waals surface area contributed by atoms with Gasteiger partial charge in [-0.25, -0.2) is 4.98 Å². The molecule has 0 aliphatic heterocycles. The molecule has 4 nitrogen and oxygen atoms in total. The minimum Gasteiger partial charge on any atom is -0.347 e. The van der Waals surface area contributed by atoms with Crippen molar-refractivity contribution in [2.45, 2.75) is 0 Å². The van der Waals surface area contributed by atoms with E-state index < -0.39 is 0 Å². The molecule has 0 saturated carbocycles. The molecule has 3 aromatic rings. The van der Waals surface area contributed by atoms with Gasteiger partial charge in [-0.05, 0) is 44.0 Å². The van der Waals surface area contributed by atoms with E-state index in [2.05, 4.69) is 51.8 Å². The third-order valence-electron chi connectivity index (χ3n) is 2.32. The van der Waals surface area contributed by atoms with E-state index in [9.17, 15) is 0 Å². The van der Waals surface area contributed by atoms with Crippen LogP contribution >= 0.6 is 31.9 Å². The average molecular weight is 342 g/mol. The predicted octanol–water partition coefficient (Wildman–Crippen LogP) is 3.48. The molecule has 0 aliphatic carbocycles. The molecule has 3 heterocycles. The highest BCUT2D eigenvalue weighted by molar-refractivity contribution is 9.13. The van der Waals surface area contributed by atoms with Gasteiger partial charge in [0.15, 0.2) is 0 Å². The zero-order valence-electron chi connectivity index (χ0n) is 7.96. The molecular weight excluding hydrogens is 336 g/mol. The molecule has 0 atom stereocenters. The van der Waals surface area contributed by atoms with Gasteiger partial charge in [-0.15, -0.1) is 0 Å². The van der Waals surface area contributed by atoms with Crippen LogP contribution in [0.25, 0.3) is 22.4 Å². The van der Waals surface area contributed by atoms with Gasteiger partial charge < -0.3 is 9.97 Å². The molecular formula is C10H6Br2N4. The number of halogens is 2. The fraction of sp³-hybridized carbons (Fsp3) is 0. The molecule has 0 radical (unpaired) electrons. The normalized spacial score (nSPS) is 11.1. The Labute approximate surface area is 108 Å². The standard InChI is InChI=1S/C10H6Br2N4/c11-5-3-7(16-10(5)12)9-8-6(1-2-13-9)14-4-15-8/h1-4,16H,(H,14,15). The smallest absolute Gasteiger partial charge is 0.116 e. The summed E-state index contributed by atoms with van der Waals surface area (Å²) < 4.78 is 1.87. The number of aromatic nitrogens is 4. The molecule has 3 aromatic heterocycles. The Morgan fingerprint density at radius 2 is 2.06 bits per heavy atom. The van der Waals surface area contributed by atoms with Crippen LogP contribution in [0.4, 0.5) is 0 Å². The minimum atomic E-state index is 0.838. The SMILES string of the molecule is Brc1cc(-c2nccc3[nH]cnc23)[nH]c1Br. The van der Waals surface area contributed by atoms with Crippen molar-refractivity contribution < 1.29 is 0 Å². The third kappa shape index (κ3) is 1.49. The lowest BCUT2D eigenvalue weighted by Gasteiger charge is -1.97. The summed E-state index contributed by atoms with van der Waals surface area (Å²) in [5.41, 5.74) is 3.61. The van der Waals surface area contributed by atoms with Crippen LogP contribution in [-0.4, -0.2) is 19.9 Å². The number of hydrogen-bond acceptors (Lipinski definition) is 2. The number of fused-ring (bicyclic) bond motifs is 1. The number of imidazole rings is 1. The largest absolute Gasteiger partial charge is 0.347 e. The predicted molar refractivity (Wildman–Crippen MR) is 69.1 cm³/mol. The van der Waals surface area contributed by atoms with Crippen molar-refractivity contribution in [1.82, 2.24) is 19.9 Å². The average Bonchev–Trinajstić information content (AvgIpc) is 2.85. The Hall–Kier alpha value is -1.14. The number of nitrogens with zero attached hydrogens (tertiary/aromatic N) is 2. The van der Waals surface area contributed by atoms with Crippen LogP contribution < -0.4 is 0 Å². The van der Waals surface area contributed by atoms with Crippen molar-refractivity contribution in [3.8, 4) is 11.4 Å². The van der Waals surface area contributed by atoms with Crippen molar-refractivity contribution in [2.75, 3.05) is 0 Å². The number of hydrogen-bond donors (Lipinski definition) is 2. The molecule has 0 saturated heterocycles. The van der Waals surface area contributed by atoms with Gasteiger partial charge in [-0.1, -0.05) is 0 Å². The fourth-order valence-electron chi connectivity index (χ4n) is 1.60. The van der Waals surface area contributed by atoms with E-state index >= 15 is 0 Å². The second kappa shape index (κ2) is 3.71. The van der Waals surface area contributed by atoms with Crippen molar-refractivity contribution in [3.05, 3.63) is 33.7 Å². The van der Waals surface area contributed by atoms with E-state index in [1.54, 1.807) is 12.5 Å². The summed E-state index contributed by atoms with van der Waals surface area (Å²) in [6.07, 6.45) is 3.43. The Bertz CT molecular complexity index is 636. The highest BCUT2D eigenvalue weighted by Crippen LogP contribution is 2.30. The number of H-pyrrole nitrogens is 2. The van der Waals surface area contributed by atoms with Gasteiger partial charge in [-0.3, -0.25) is 4.98 Å². The Morgan fingerprint density at radius 1 is 1.19 bits per heavy atom. The number of rotatable bonds is 1. The summed E-state index contributed by atoms with van der Waals surface area (Å²) >= 11 is 6.84. The van der Waals surface area contributed by atoms with Crippen molar-refractivity contribution in [2.24, 2.45) is 0 Å². The molecule has 0 aliphatic rings. The quantitative estimate of drug-likeness (QED) is 0.712. The van der Waals surface area contributed by atoms with Gasteiger partial charge in [0.05, 0.1) is 26.6 Å². The first kappa shape index (κ1) is 10.0. The summed E-state index contributed by atoms with van der Waals surface area (Å²) in [7, 11) is 0. The number of nitrogens with one attached hydrogen (secondary N) is 2. The van der Waals surface area contributed by atoms with E-state index in [1.807, 2.05) is 12.1 Å². The molecule has 0 amide bonds. The zero-order valence-corrected chi connectivity index (χ0v) is 11.1. The molecule has 0 fully saturated rings. The van der Waals surface area contributed by atoms with E-state index in [4.69, 9.17) is 0 Å². The first-order chi connectivity index (χ1) is 7.75. The molecule has 0 unspecified atom stereocenters. The molecule has 6 heteroatoms. The van der Waals surface area contributed by atoms with Crippen LogP contribution in [0.5, 0.6) is 0 Å². The maximum Gasteiger partial charge on any atom is 0.116 e. The topological polar surface area (TPSA) is 57.4 Å². The zero-order chi connectivity index (χ0) is 11.1. The maximum absolute atomic E-state index is 4.35. The van der Waals surface area contributed by atoms with Crippen LogP contribution in [0.15, 0.2) is 33.7 Å². The van der Waals surface area contributed by atoms with Gasteiger partial charge in [0.1, 0.15) is 11.2 Å². The van der Waals surface area contributed by atoms with E-state index in [0.717, 1.165) is 31.5 Å². The van der Waals surface area contributed by atoms with Crippen LogP contribution in [-0.2, 0) is 0 Å². The van der Waals surface area contributed by atoms with Gasteiger partial charge in [0, 0.05) is 6.20 Å². The van der Waals surface area contributed by atoms with Crippen molar-refractivity contribution >= 4 is 42.9 Å². The molecule has 2 N–H and O–H groups in total. The second-order valence-corrected chi connectivity index (χ2v) is 4.95. The van der Waals surface area contributed by atoms with Gasteiger partial charge in [0.25, 0.3) is 0 Å². The summed E-state index contributed by atoms with van der Waals surface area (Å²) in [5, 5.41) is 0. The Balaban J connectivity index is 2.29. The van der Waals surface area contributed by atoms with Gasteiger partial charge in [-0.2, -0.15) is 0 Å². The molecule has 80 valence electrons. The first-order valence-corrected chi connectivity index (χ1v) is 6.17. The second-order valence-electron chi connectivity index (χ2n) is 3.30. The van der Waals surface area contributed by atoms with E-state index in [1.165, 1.54) is 0 Å². The Kier molecular flexibility index (Phi) is 2.33. The summed E-state index contributed by atoms with van der Waals surface area (Å²) in [4.78, 5) is 14.9. The van der Waals surface area contributed by atoms with Crippen LogP contribution in [0.3, 0.4) is 0 Å². The third-order valence-corrected chi connectivity index (χ3v) is 4.10. The summed E-state index contributed by atoms with van der Waals surface area (Å²) in [6, 6.07) is 3.87. The van der Waals surface area contributed by atoms with Gasteiger partial charge in [0.2, 0.25) is 0 Å². The van der Waals surface area contributed by atoms with Crippen molar-refractivity contribution in [1.29, 1.82) is 0 Å². The first-order valence-electron chi connectivity index (χ1n) is 4.58. The number of aromatic amines is 2. The minimum absolute atomic E-state index is 0.838. The Morgan fingerprint density at radius 3 is 2.81 bits per heavy atom. The number of pyridine rings is 1. The van der Waals surface area contributed by atoms with Crippen LogP contribution in [0.1, 0.15) is 0 Å². The molecule has 3 rings (SSSR count). The lowest BCUT2D eigenvalue weighted by molar-refractivity contribution is 1.27.